The summed E-state index contributed by atoms with van der Waals surface area (Å²) in [5.74, 6) is -0.310. The quantitative estimate of drug-likeness (QED) is 0.481. The van der Waals surface area contributed by atoms with Crippen molar-refractivity contribution in [2.75, 3.05) is 12.4 Å². The van der Waals surface area contributed by atoms with Gasteiger partial charge < -0.3 is 19.9 Å². The van der Waals surface area contributed by atoms with Gasteiger partial charge in [0.1, 0.15) is 12.4 Å². The van der Waals surface area contributed by atoms with Crippen LogP contribution < -0.4 is 14.8 Å². The highest BCUT2D eigenvalue weighted by molar-refractivity contribution is 6.31. The summed E-state index contributed by atoms with van der Waals surface area (Å²) in [7, 11) is 1.53. The van der Waals surface area contributed by atoms with E-state index in [2.05, 4.69) is 5.32 Å². The Morgan fingerprint density at radius 1 is 1.10 bits per heavy atom. The maximum Gasteiger partial charge on any atom is 0.335 e. The van der Waals surface area contributed by atoms with Gasteiger partial charge in [0.2, 0.25) is 0 Å². The predicted octanol–water partition coefficient (Wildman–Crippen LogP) is 5.69. The fourth-order valence-corrected chi connectivity index (χ4v) is 3.08. The summed E-state index contributed by atoms with van der Waals surface area (Å²) in [6.45, 7) is 2.51. The summed E-state index contributed by atoms with van der Waals surface area (Å²) < 4.78 is 24.3. The van der Waals surface area contributed by atoms with E-state index in [1.807, 2.05) is 6.92 Å². The minimum absolute atomic E-state index is 0.205. The highest BCUT2D eigenvalue weighted by atomic mass is 35.5. The minimum atomic E-state index is -0.986. The van der Waals surface area contributed by atoms with Crippen LogP contribution in [0.1, 0.15) is 27.0 Å². The van der Waals surface area contributed by atoms with Crippen molar-refractivity contribution in [2.45, 2.75) is 20.1 Å². The molecule has 0 fully saturated rings. The van der Waals surface area contributed by atoms with Crippen molar-refractivity contribution in [2.24, 2.45) is 0 Å². The van der Waals surface area contributed by atoms with E-state index in [0.717, 1.165) is 16.7 Å². The molecule has 0 unspecified atom stereocenters. The van der Waals surface area contributed by atoms with Crippen LogP contribution in [0.3, 0.4) is 0 Å². The first-order chi connectivity index (χ1) is 14.4. The third-order valence-electron chi connectivity index (χ3n) is 4.59. The van der Waals surface area contributed by atoms with E-state index >= 15 is 0 Å². The minimum Gasteiger partial charge on any atom is -0.493 e. The van der Waals surface area contributed by atoms with Crippen molar-refractivity contribution in [3.8, 4) is 11.5 Å². The van der Waals surface area contributed by atoms with E-state index in [1.165, 1.54) is 19.2 Å². The molecule has 0 spiro atoms. The molecule has 30 heavy (non-hydrogen) atoms. The van der Waals surface area contributed by atoms with Crippen LogP contribution >= 0.6 is 11.6 Å². The van der Waals surface area contributed by atoms with E-state index in [-0.39, 0.29) is 18.0 Å². The van der Waals surface area contributed by atoms with E-state index < -0.39 is 5.97 Å². The number of hydrogen-bond acceptors (Lipinski definition) is 4. The lowest BCUT2D eigenvalue weighted by Crippen LogP contribution is -2.05. The third kappa shape index (κ3) is 5.21. The van der Waals surface area contributed by atoms with Crippen LogP contribution in [0.15, 0.2) is 54.6 Å². The van der Waals surface area contributed by atoms with Gasteiger partial charge in [0, 0.05) is 23.3 Å². The third-order valence-corrected chi connectivity index (χ3v) is 4.95. The van der Waals surface area contributed by atoms with Crippen molar-refractivity contribution in [3.05, 3.63) is 87.7 Å². The van der Waals surface area contributed by atoms with Crippen LogP contribution in [-0.4, -0.2) is 18.2 Å². The molecular weight excluding hydrogens is 409 g/mol. The second-order valence-electron chi connectivity index (χ2n) is 6.70. The molecule has 7 heteroatoms. The molecule has 0 bridgehead atoms. The number of aryl methyl sites for hydroxylation is 1. The molecule has 2 N–H and O–H groups in total. The Morgan fingerprint density at radius 3 is 2.50 bits per heavy atom. The van der Waals surface area contributed by atoms with Gasteiger partial charge in [-0.15, -0.1) is 0 Å². The Hall–Kier alpha value is -3.25. The molecule has 3 rings (SSSR count). The van der Waals surface area contributed by atoms with Crippen molar-refractivity contribution >= 4 is 23.3 Å². The highest BCUT2D eigenvalue weighted by Crippen LogP contribution is 2.34. The van der Waals surface area contributed by atoms with Gasteiger partial charge in [-0.3, -0.25) is 0 Å². The summed E-state index contributed by atoms with van der Waals surface area (Å²) in [4.78, 5) is 11.2. The number of carbonyl (C=O) groups is 1. The van der Waals surface area contributed by atoms with Gasteiger partial charge in [-0.2, -0.15) is 0 Å². The Bertz CT molecular complexity index is 1050. The summed E-state index contributed by atoms with van der Waals surface area (Å²) in [5, 5.41) is 12.9. The highest BCUT2D eigenvalue weighted by Gasteiger charge is 2.12. The second-order valence-corrected chi connectivity index (χ2v) is 7.11. The molecule has 0 saturated carbocycles. The molecular formula is C23H21ClFNO4. The van der Waals surface area contributed by atoms with E-state index in [1.54, 1.807) is 42.5 Å². The van der Waals surface area contributed by atoms with E-state index in [0.29, 0.717) is 28.8 Å². The molecule has 3 aromatic rings. The molecule has 0 atom stereocenters. The Kier molecular flexibility index (Phi) is 6.79. The number of benzene rings is 3. The van der Waals surface area contributed by atoms with Gasteiger partial charge in [-0.05, 0) is 53.9 Å². The first-order valence-electron chi connectivity index (χ1n) is 9.19. The number of methoxy groups -OCH3 is 1. The topological polar surface area (TPSA) is 67.8 Å². The molecule has 0 aliphatic heterocycles. The van der Waals surface area contributed by atoms with Crippen LogP contribution in [0.2, 0.25) is 5.02 Å². The molecule has 156 valence electrons. The first-order valence-corrected chi connectivity index (χ1v) is 9.56. The molecule has 3 aromatic carbocycles. The van der Waals surface area contributed by atoms with Gasteiger partial charge in [0.25, 0.3) is 0 Å². The van der Waals surface area contributed by atoms with Crippen molar-refractivity contribution < 1.29 is 23.8 Å². The number of hydrogen-bond donors (Lipinski definition) is 2. The molecule has 0 saturated heterocycles. The summed E-state index contributed by atoms with van der Waals surface area (Å²) in [6.07, 6.45) is 0. The zero-order chi connectivity index (χ0) is 21.7. The molecule has 0 heterocycles. The number of ether oxygens (including phenoxy) is 2. The van der Waals surface area contributed by atoms with E-state index in [9.17, 15) is 14.3 Å². The smallest absolute Gasteiger partial charge is 0.335 e. The fourth-order valence-electron chi connectivity index (χ4n) is 2.86. The lowest BCUT2D eigenvalue weighted by molar-refractivity contribution is 0.0697. The summed E-state index contributed by atoms with van der Waals surface area (Å²) >= 11 is 6.43. The molecule has 5 nitrogen and oxygen atoms in total. The largest absolute Gasteiger partial charge is 0.493 e. The predicted molar refractivity (Wildman–Crippen MR) is 114 cm³/mol. The SMILES string of the molecule is COc1cc(CNc2cc(C(=O)O)ccc2C)c(Cl)cc1OCc1ccc(F)cc1. The summed E-state index contributed by atoms with van der Waals surface area (Å²) in [6, 6.07) is 14.4. The number of carboxylic acids is 1. The van der Waals surface area contributed by atoms with Crippen molar-refractivity contribution in [1.82, 2.24) is 0 Å². The number of aromatic carboxylic acids is 1. The monoisotopic (exact) mass is 429 g/mol. The molecule has 0 aliphatic rings. The van der Waals surface area contributed by atoms with Crippen LogP contribution in [-0.2, 0) is 13.2 Å². The number of carboxylic acid groups (broad SMARTS) is 1. The van der Waals surface area contributed by atoms with Crippen molar-refractivity contribution in [3.63, 3.8) is 0 Å². The van der Waals surface area contributed by atoms with Crippen LogP contribution in [0, 0.1) is 12.7 Å². The Morgan fingerprint density at radius 2 is 1.83 bits per heavy atom. The fraction of sp³-hybridized carbons (Fsp3) is 0.174. The number of anilines is 1. The maximum absolute atomic E-state index is 13.0. The second kappa shape index (κ2) is 9.50. The van der Waals surface area contributed by atoms with Crippen LogP contribution in [0.25, 0.3) is 0 Å². The average molecular weight is 430 g/mol. The normalized spacial score (nSPS) is 10.5. The maximum atomic E-state index is 13.0. The lowest BCUT2D eigenvalue weighted by Gasteiger charge is -2.15. The van der Waals surface area contributed by atoms with Crippen LogP contribution in [0.4, 0.5) is 10.1 Å². The molecule has 0 radical (unpaired) electrons. The Labute approximate surface area is 179 Å². The first kappa shape index (κ1) is 21.5. The van der Waals surface area contributed by atoms with Gasteiger partial charge in [0.15, 0.2) is 11.5 Å². The number of halogens is 2. The number of rotatable bonds is 8. The van der Waals surface area contributed by atoms with Crippen LogP contribution in [0.5, 0.6) is 11.5 Å². The van der Waals surface area contributed by atoms with Gasteiger partial charge >= 0.3 is 5.97 Å². The van der Waals surface area contributed by atoms with Gasteiger partial charge in [0.05, 0.1) is 12.7 Å². The number of nitrogens with one attached hydrogen (secondary N) is 1. The standard InChI is InChI=1S/C23H21ClFNO4/c1-14-3-6-16(23(27)28)9-20(14)26-12-17-10-21(29-2)22(11-19(17)24)30-13-15-4-7-18(25)8-5-15/h3-11,26H,12-13H2,1-2H3,(H,27,28). The molecule has 0 aliphatic carbocycles. The lowest BCUT2D eigenvalue weighted by atomic mass is 10.1. The summed E-state index contributed by atoms with van der Waals surface area (Å²) in [5.41, 5.74) is 3.41. The van der Waals surface area contributed by atoms with Gasteiger partial charge in [-0.1, -0.05) is 29.8 Å². The van der Waals surface area contributed by atoms with Gasteiger partial charge in [-0.25, -0.2) is 9.18 Å². The zero-order valence-electron chi connectivity index (χ0n) is 16.5. The Balaban J connectivity index is 1.74. The average Bonchev–Trinajstić information content (AvgIpc) is 2.73. The van der Waals surface area contributed by atoms with E-state index in [4.69, 9.17) is 21.1 Å². The molecule has 0 aromatic heterocycles. The van der Waals surface area contributed by atoms with Crippen molar-refractivity contribution in [1.29, 1.82) is 0 Å². The zero-order valence-corrected chi connectivity index (χ0v) is 17.3. The molecule has 0 amide bonds.